The molecule has 4 N–H and O–H groups in total. The maximum atomic E-state index is 6.05. The second-order valence-electron chi connectivity index (χ2n) is 4.12. The largest absolute Gasteiger partial charge is 0.397 e. The van der Waals surface area contributed by atoms with Crippen LogP contribution in [0.3, 0.4) is 0 Å². The minimum absolute atomic E-state index is 0.161. The summed E-state index contributed by atoms with van der Waals surface area (Å²) in [5.74, 6) is 0.938. The van der Waals surface area contributed by atoms with Gasteiger partial charge in [-0.15, -0.1) is 0 Å². The fraction of sp³-hybridized carbons (Fsp3) is 0.308. The van der Waals surface area contributed by atoms with Crippen molar-refractivity contribution in [3.63, 3.8) is 0 Å². The minimum Gasteiger partial charge on any atom is -0.397 e. The van der Waals surface area contributed by atoms with Crippen molar-refractivity contribution in [3.8, 4) is 0 Å². The second-order valence-corrected chi connectivity index (χ2v) is 4.12. The summed E-state index contributed by atoms with van der Waals surface area (Å²) in [5.41, 5.74) is 8.90. The number of H-pyrrole nitrogens is 1. The molecule has 0 spiro atoms. The van der Waals surface area contributed by atoms with Crippen molar-refractivity contribution < 1.29 is 0 Å². The smallest absolute Gasteiger partial charge is 0.128 e. The van der Waals surface area contributed by atoms with Gasteiger partial charge >= 0.3 is 0 Å². The molecule has 4 heteroatoms. The molecule has 0 fully saturated rings. The van der Waals surface area contributed by atoms with E-state index in [0.717, 1.165) is 29.2 Å². The van der Waals surface area contributed by atoms with Gasteiger partial charge in [0.15, 0.2) is 0 Å². The van der Waals surface area contributed by atoms with E-state index in [2.05, 4.69) is 22.2 Å². The zero-order chi connectivity index (χ0) is 12.3. The summed E-state index contributed by atoms with van der Waals surface area (Å²) in [5, 5.41) is 3.42. The number of nitrogens with two attached hydrogens (primary N) is 1. The van der Waals surface area contributed by atoms with Crippen molar-refractivity contribution in [2.75, 3.05) is 11.1 Å². The van der Waals surface area contributed by atoms with Crippen molar-refractivity contribution in [2.24, 2.45) is 0 Å². The topological polar surface area (TPSA) is 66.7 Å². The number of rotatable bonds is 4. The van der Waals surface area contributed by atoms with Gasteiger partial charge < -0.3 is 16.0 Å². The molecule has 17 heavy (non-hydrogen) atoms. The first-order chi connectivity index (χ1) is 8.22. The van der Waals surface area contributed by atoms with Gasteiger partial charge in [0.25, 0.3) is 0 Å². The summed E-state index contributed by atoms with van der Waals surface area (Å²) in [4.78, 5) is 7.40. The van der Waals surface area contributed by atoms with Crippen LogP contribution in [0.5, 0.6) is 0 Å². The average Bonchev–Trinajstić information content (AvgIpc) is 2.85. The lowest BCUT2D eigenvalue weighted by Crippen LogP contribution is -2.12. The van der Waals surface area contributed by atoms with Gasteiger partial charge in [-0.1, -0.05) is 19.1 Å². The number of hydrogen-bond donors (Lipinski definition) is 3. The highest BCUT2D eigenvalue weighted by Crippen LogP contribution is 2.26. The van der Waals surface area contributed by atoms with E-state index in [1.54, 1.807) is 6.20 Å². The molecule has 2 aromatic rings. The molecule has 0 amide bonds. The van der Waals surface area contributed by atoms with Crippen molar-refractivity contribution in [1.29, 1.82) is 0 Å². The summed E-state index contributed by atoms with van der Waals surface area (Å²) in [6.07, 6.45) is 4.54. The van der Waals surface area contributed by atoms with Gasteiger partial charge in [-0.05, 0) is 25.0 Å². The van der Waals surface area contributed by atoms with E-state index in [1.807, 2.05) is 31.3 Å². The predicted molar refractivity (Wildman–Crippen MR) is 70.8 cm³/mol. The van der Waals surface area contributed by atoms with Crippen molar-refractivity contribution in [2.45, 2.75) is 26.3 Å². The van der Waals surface area contributed by atoms with E-state index < -0.39 is 0 Å². The van der Waals surface area contributed by atoms with Crippen LogP contribution in [-0.4, -0.2) is 9.97 Å². The lowest BCUT2D eigenvalue weighted by Gasteiger charge is -2.18. The Hall–Kier alpha value is -1.97. The fourth-order valence-corrected chi connectivity index (χ4v) is 1.83. The number of nitrogen functional groups attached to an aromatic ring is 1. The van der Waals surface area contributed by atoms with Crippen LogP contribution in [0.4, 0.5) is 11.4 Å². The number of para-hydroxylation sites is 1. The highest BCUT2D eigenvalue weighted by molar-refractivity contribution is 5.69. The van der Waals surface area contributed by atoms with Gasteiger partial charge in [0, 0.05) is 12.4 Å². The quantitative estimate of drug-likeness (QED) is 0.707. The number of aromatic amines is 1. The third-order valence-electron chi connectivity index (χ3n) is 2.91. The maximum Gasteiger partial charge on any atom is 0.128 e. The molecular weight excluding hydrogens is 212 g/mol. The van der Waals surface area contributed by atoms with Crippen LogP contribution in [0.1, 0.15) is 30.8 Å². The normalized spacial score (nSPS) is 12.4. The number of hydrogen-bond acceptors (Lipinski definition) is 3. The van der Waals surface area contributed by atoms with Crippen LogP contribution in [0.25, 0.3) is 0 Å². The Bertz CT molecular complexity index is 476. The Balaban J connectivity index is 2.22. The molecule has 0 saturated carbocycles. The standard InChI is InChI=1S/C13H18N4/c1-3-10(13-15-7-8-16-13)17-11-6-4-5-9(2)12(11)14/h4-8,10,17H,3,14H2,1-2H3,(H,15,16). The highest BCUT2D eigenvalue weighted by Gasteiger charge is 2.12. The number of benzene rings is 1. The number of aromatic nitrogens is 2. The van der Waals surface area contributed by atoms with Gasteiger partial charge in [-0.25, -0.2) is 4.98 Å². The molecule has 1 aromatic carbocycles. The zero-order valence-corrected chi connectivity index (χ0v) is 10.2. The van der Waals surface area contributed by atoms with Crippen LogP contribution in [-0.2, 0) is 0 Å². The fourth-order valence-electron chi connectivity index (χ4n) is 1.83. The molecule has 0 radical (unpaired) electrons. The first kappa shape index (κ1) is 11.5. The molecule has 0 aliphatic carbocycles. The Kier molecular flexibility index (Phi) is 3.32. The van der Waals surface area contributed by atoms with Gasteiger partial charge in [-0.3, -0.25) is 0 Å². The Morgan fingerprint density at radius 2 is 2.29 bits per heavy atom. The van der Waals surface area contributed by atoms with E-state index in [9.17, 15) is 0 Å². The van der Waals surface area contributed by atoms with E-state index >= 15 is 0 Å². The van der Waals surface area contributed by atoms with Crippen LogP contribution < -0.4 is 11.1 Å². The first-order valence-electron chi connectivity index (χ1n) is 5.83. The van der Waals surface area contributed by atoms with Gasteiger partial charge in [0.1, 0.15) is 5.82 Å². The van der Waals surface area contributed by atoms with Crippen LogP contribution in [0, 0.1) is 6.92 Å². The third kappa shape index (κ3) is 2.41. The maximum absolute atomic E-state index is 6.05. The molecule has 0 aliphatic heterocycles. The number of nitrogens with one attached hydrogen (secondary N) is 2. The summed E-state index contributed by atoms with van der Waals surface area (Å²) in [6, 6.07) is 6.17. The summed E-state index contributed by atoms with van der Waals surface area (Å²) < 4.78 is 0. The van der Waals surface area contributed by atoms with E-state index in [-0.39, 0.29) is 6.04 Å². The molecule has 0 aliphatic rings. The number of nitrogens with zero attached hydrogens (tertiary/aromatic N) is 1. The zero-order valence-electron chi connectivity index (χ0n) is 10.2. The molecule has 4 nitrogen and oxygen atoms in total. The lowest BCUT2D eigenvalue weighted by atomic mass is 10.1. The molecule has 90 valence electrons. The SMILES string of the molecule is CCC(Nc1cccc(C)c1N)c1ncc[nH]1. The minimum atomic E-state index is 0.161. The predicted octanol–water partition coefficient (Wildman–Crippen LogP) is 2.86. The van der Waals surface area contributed by atoms with Gasteiger partial charge in [0.05, 0.1) is 17.4 Å². The average molecular weight is 230 g/mol. The van der Waals surface area contributed by atoms with Crippen LogP contribution in [0.2, 0.25) is 0 Å². The summed E-state index contributed by atoms with van der Waals surface area (Å²) >= 11 is 0. The number of anilines is 2. The first-order valence-corrected chi connectivity index (χ1v) is 5.83. The monoisotopic (exact) mass is 230 g/mol. The van der Waals surface area contributed by atoms with Crippen molar-refractivity contribution >= 4 is 11.4 Å². The van der Waals surface area contributed by atoms with Crippen molar-refractivity contribution in [3.05, 3.63) is 42.0 Å². The van der Waals surface area contributed by atoms with Crippen LogP contribution in [0.15, 0.2) is 30.6 Å². The molecule has 1 heterocycles. The Morgan fingerprint density at radius 3 is 2.94 bits per heavy atom. The van der Waals surface area contributed by atoms with Gasteiger partial charge in [-0.2, -0.15) is 0 Å². The Morgan fingerprint density at radius 1 is 1.47 bits per heavy atom. The Labute approximate surface area is 101 Å². The number of aryl methyl sites for hydroxylation is 1. The summed E-state index contributed by atoms with van der Waals surface area (Å²) in [7, 11) is 0. The molecule has 2 rings (SSSR count). The molecular formula is C13H18N4. The van der Waals surface area contributed by atoms with E-state index in [0.29, 0.717) is 0 Å². The van der Waals surface area contributed by atoms with Gasteiger partial charge in [0.2, 0.25) is 0 Å². The van der Waals surface area contributed by atoms with E-state index in [4.69, 9.17) is 5.73 Å². The number of imidazole rings is 1. The van der Waals surface area contributed by atoms with E-state index in [1.165, 1.54) is 0 Å². The highest BCUT2D eigenvalue weighted by atomic mass is 15.0. The van der Waals surface area contributed by atoms with Crippen molar-refractivity contribution in [1.82, 2.24) is 9.97 Å². The second kappa shape index (κ2) is 4.91. The lowest BCUT2D eigenvalue weighted by molar-refractivity contribution is 0.704. The molecule has 1 atom stereocenters. The summed E-state index contributed by atoms with van der Waals surface area (Å²) in [6.45, 7) is 4.13. The molecule has 0 saturated heterocycles. The third-order valence-corrected chi connectivity index (χ3v) is 2.91. The molecule has 1 unspecified atom stereocenters. The molecule has 1 aromatic heterocycles. The van der Waals surface area contributed by atoms with Crippen LogP contribution >= 0.6 is 0 Å². The molecule has 0 bridgehead atoms.